The molecule has 82 valence electrons. The molecule has 1 aliphatic rings. The number of hydrogen-bond donors (Lipinski definition) is 1. The smallest absolute Gasteiger partial charge is 0.250 e. The second-order valence-corrected chi connectivity index (χ2v) is 3.76. The van der Waals surface area contributed by atoms with Crippen molar-refractivity contribution in [2.45, 2.75) is 32.1 Å². The van der Waals surface area contributed by atoms with Gasteiger partial charge in [-0.15, -0.1) is 0 Å². The fourth-order valence-electron chi connectivity index (χ4n) is 1.90. The van der Waals surface area contributed by atoms with Crippen LogP contribution in [0.15, 0.2) is 23.0 Å². The highest BCUT2D eigenvalue weighted by Crippen LogP contribution is 2.14. The van der Waals surface area contributed by atoms with Gasteiger partial charge in [0.1, 0.15) is 0 Å². The Hall–Kier alpha value is -1.13. The summed E-state index contributed by atoms with van der Waals surface area (Å²) in [5, 5.41) is 9.12. The number of hydrogen-bond acceptors (Lipinski definition) is 3. The zero-order valence-electron chi connectivity index (χ0n) is 8.56. The first kappa shape index (κ1) is 10.4. The average Bonchev–Trinajstić information content (AvgIpc) is 2.74. The summed E-state index contributed by atoms with van der Waals surface area (Å²) in [6, 6.07) is 4.93. The van der Waals surface area contributed by atoms with Gasteiger partial charge in [0, 0.05) is 18.4 Å². The van der Waals surface area contributed by atoms with Crippen molar-refractivity contribution in [3.63, 3.8) is 0 Å². The van der Waals surface area contributed by atoms with Crippen molar-refractivity contribution < 1.29 is 9.84 Å². The Balaban J connectivity index is 2.21. The van der Waals surface area contributed by atoms with Crippen molar-refractivity contribution in [1.82, 2.24) is 4.57 Å². The van der Waals surface area contributed by atoms with E-state index in [1.807, 2.05) is 0 Å². The molecule has 1 unspecified atom stereocenters. The van der Waals surface area contributed by atoms with Gasteiger partial charge in [0.15, 0.2) is 0 Å². The molecule has 4 heteroatoms. The van der Waals surface area contributed by atoms with E-state index in [4.69, 9.17) is 9.84 Å². The van der Waals surface area contributed by atoms with Crippen molar-refractivity contribution in [1.29, 1.82) is 0 Å². The first-order chi connectivity index (χ1) is 7.31. The summed E-state index contributed by atoms with van der Waals surface area (Å²) in [5.74, 6) is 0. The Morgan fingerprint density at radius 3 is 3.07 bits per heavy atom. The Bertz CT molecular complexity index is 380. The fraction of sp³-hybridized carbons (Fsp3) is 0.545. The van der Waals surface area contributed by atoms with Gasteiger partial charge in [0.2, 0.25) is 0 Å². The van der Waals surface area contributed by atoms with E-state index in [2.05, 4.69) is 0 Å². The van der Waals surface area contributed by atoms with Gasteiger partial charge in [0.25, 0.3) is 5.56 Å². The summed E-state index contributed by atoms with van der Waals surface area (Å²) in [5.41, 5.74) is 0.579. The molecule has 0 amide bonds. The minimum atomic E-state index is -0.108. The number of rotatable bonds is 3. The van der Waals surface area contributed by atoms with Crippen LogP contribution in [0.25, 0.3) is 0 Å². The lowest BCUT2D eigenvalue weighted by Gasteiger charge is -2.14. The minimum Gasteiger partial charge on any atom is -0.390 e. The molecule has 1 fully saturated rings. The summed E-state index contributed by atoms with van der Waals surface area (Å²) in [7, 11) is 0. The van der Waals surface area contributed by atoms with Crippen LogP contribution >= 0.6 is 0 Å². The monoisotopic (exact) mass is 209 g/mol. The van der Waals surface area contributed by atoms with E-state index in [1.165, 1.54) is 6.07 Å². The molecule has 0 aromatic carbocycles. The van der Waals surface area contributed by atoms with Gasteiger partial charge in [0.05, 0.1) is 19.3 Å². The van der Waals surface area contributed by atoms with Gasteiger partial charge in [-0.3, -0.25) is 4.79 Å². The third-order valence-electron chi connectivity index (χ3n) is 2.71. The number of pyridine rings is 1. The number of nitrogens with zero attached hydrogens (tertiary/aromatic N) is 1. The lowest BCUT2D eigenvalue weighted by molar-refractivity contribution is 0.0941. The number of aromatic nitrogens is 1. The van der Waals surface area contributed by atoms with E-state index in [-0.39, 0.29) is 18.3 Å². The van der Waals surface area contributed by atoms with Crippen LogP contribution in [0.4, 0.5) is 0 Å². The predicted octanol–water partition coefficient (Wildman–Crippen LogP) is 0.520. The van der Waals surface area contributed by atoms with Crippen LogP contribution in [0.2, 0.25) is 0 Å². The van der Waals surface area contributed by atoms with Crippen LogP contribution in [0.5, 0.6) is 0 Å². The Morgan fingerprint density at radius 2 is 2.40 bits per heavy atom. The van der Waals surface area contributed by atoms with Crippen LogP contribution < -0.4 is 5.56 Å². The second kappa shape index (κ2) is 4.59. The highest BCUT2D eigenvalue weighted by atomic mass is 16.5. The van der Waals surface area contributed by atoms with Gasteiger partial charge in [-0.05, 0) is 18.9 Å². The number of aliphatic hydroxyl groups excluding tert-OH is 1. The Kier molecular flexibility index (Phi) is 3.18. The lowest BCUT2D eigenvalue weighted by Crippen LogP contribution is -2.28. The van der Waals surface area contributed by atoms with E-state index < -0.39 is 0 Å². The molecule has 1 aliphatic heterocycles. The summed E-state index contributed by atoms with van der Waals surface area (Å²) in [6.07, 6.45) is 2.17. The summed E-state index contributed by atoms with van der Waals surface area (Å²) in [6.45, 7) is 1.22. The Labute approximate surface area is 88.1 Å². The maximum Gasteiger partial charge on any atom is 0.250 e. The molecular formula is C11H15NO3. The molecule has 1 atom stereocenters. The summed E-state index contributed by atoms with van der Waals surface area (Å²) in [4.78, 5) is 11.6. The second-order valence-electron chi connectivity index (χ2n) is 3.76. The molecular weight excluding hydrogens is 194 g/mol. The first-order valence-corrected chi connectivity index (χ1v) is 5.22. The average molecular weight is 209 g/mol. The first-order valence-electron chi connectivity index (χ1n) is 5.22. The van der Waals surface area contributed by atoms with Crippen LogP contribution in [0.1, 0.15) is 18.5 Å². The zero-order valence-corrected chi connectivity index (χ0v) is 8.56. The van der Waals surface area contributed by atoms with Crippen LogP contribution in [0.3, 0.4) is 0 Å². The maximum atomic E-state index is 11.6. The molecule has 0 spiro atoms. The lowest BCUT2D eigenvalue weighted by atomic mass is 10.2. The maximum absolute atomic E-state index is 11.6. The number of ether oxygens (including phenoxy) is 1. The van der Waals surface area contributed by atoms with Crippen molar-refractivity contribution in [3.8, 4) is 0 Å². The van der Waals surface area contributed by atoms with Gasteiger partial charge in [-0.2, -0.15) is 0 Å². The van der Waals surface area contributed by atoms with E-state index in [9.17, 15) is 4.79 Å². The Morgan fingerprint density at radius 1 is 1.53 bits per heavy atom. The largest absolute Gasteiger partial charge is 0.390 e. The highest BCUT2D eigenvalue weighted by Gasteiger charge is 2.17. The molecule has 0 radical (unpaired) electrons. The van der Waals surface area contributed by atoms with E-state index >= 15 is 0 Å². The molecule has 1 aromatic rings. The van der Waals surface area contributed by atoms with Crippen LogP contribution in [-0.4, -0.2) is 22.4 Å². The third kappa shape index (κ3) is 2.27. The molecule has 0 aliphatic carbocycles. The predicted molar refractivity (Wildman–Crippen MR) is 55.6 cm³/mol. The molecule has 2 heterocycles. The highest BCUT2D eigenvalue weighted by molar-refractivity contribution is 5.05. The molecule has 2 rings (SSSR count). The van der Waals surface area contributed by atoms with Crippen molar-refractivity contribution in [3.05, 3.63) is 34.2 Å². The number of aliphatic hydroxyl groups is 1. The molecule has 1 aromatic heterocycles. The SMILES string of the molecule is O=c1cccc(CO)n1CC1CCCO1. The van der Waals surface area contributed by atoms with Crippen molar-refractivity contribution in [2.75, 3.05) is 6.61 Å². The fourth-order valence-corrected chi connectivity index (χ4v) is 1.90. The van der Waals surface area contributed by atoms with Gasteiger partial charge in [-0.25, -0.2) is 0 Å². The van der Waals surface area contributed by atoms with Crippen LogP contribution in [-0.2, 0) is 17.9 Å². The van der Waals surface area contributed by atoms with Gasteiger partial charge < -0.3 is 14.4 Å². The molecule has 4 nitrogen and oxygen atoms in total. The van der Waals surface area contributed by atoms with Gasteiger partial charge >= 0.3 is 0 Å². The summed E-state index contributed by atoms with van der Waals surface area (Å²) >= 11 is 0. The van der Waals surface area contributed by atoms with E-state index in [1.54, 1.807) is 16.7 Å². The van der Waals surface area contributed by atoms with E-state index in [0.717, 1.165) is 19.4 Å². The molecule has 15 heavy (non-hydrogen) atoms. The normalized spacial score (nSPS) is 20.7. The minimum absolute atomic E-state index is 0.0722. The quantitative estimate of drug-likeness (QED) is 0.789. The topological polar surface area (TPSA) is 51.5 Å². The van der Waals surface area contributed by atoms with Crippen molar-refractivity contribution in [2.24, 2.45) is 0 Å². The molecule has 1 saturated heterocycles. The standard InChI is InChI=1S/C11H15NO3/c13-8-9-3-1-5-11(14)12(9)7-10-4-2-6-15-10/h1,3,5,10,13H,2,4,6-8H2. The summed E-state index contributed by atoms with van der Waals surface area (Å²) < 4.78 is 7.06. The van der Waals surface area contributed by atoms with Crippen LogP contribution in [0, 0.1) is 0 Å². The zero-order chi connectivity index (χ0) is 10.7. The van der Waals surface area contributed by atoms with Crippen molar-refractivity contribution >= 4 is 0 Å². The third-order valence-corrected chi connectivity index (χ3v) is 2.71. The molecule has 1 N–H and O–H groups in total. The molecule has 0 saturated carbocycles. The van der Waals surface area contributed by atoms with Gasteiger partial charge in [-0.1, -0.05) is 6.07 Å². The van der Waals surface area contributed by atoms with E-state index in [0.29, 0.717) is 12.2 Å². The molecule has 0 bridgehead atoms.